The van der Waals surface area contributed by atoms with Crippen LogP contribution in [0.5, 0.6) is 5.75 Å². The molecule has 1 saturated heterocycles. The Labute approximate surface area is 137 Å². The first-order valence-corrected chi connectivity index (χ1v) is 8.00. The number of anilines is 1. The standard InChI is InChI=1S/C17H25N3O3/c1-12(2)18-17(22)20-10-8-13(9-11-20)16(21)19-14-6-4-5-7-15(14)23-3/h4-7,12-13H,8-11H2,1-3H3,(H,18,22)(H,19,21). The Morgan fingerprint density at radius 2 is 1.87 bits per heavy atom. The van der Waals surface area contributed by atoms with Crippen molar-refractivity contribution in [3.63, 3.8) is 0 Å². The number of para-hydroxylation sites is 2. The highest BCUT2D eigenvalue weighted by atomic mass is 16.5. The van der Waals surface area contributed by atoms with E-state index in [0.717, 1.165) is 0 Å². The predicted octanol–water partition coefficient (Wildman–Crippen LogP) is 2.46. The third kappa shape index (κ3) is 4.61. The SMILES string of the molecule is COc1ccccc1NC(=O)C1CCN(C(=O)NC(C)C)CC1. The lowest BCUT2D eigenvalue weighted by molar-refractivity contribution is -0.121. The molecule has 0 radical (unpaired) electrons. The molecule has 0 bridgehead atoms. The third-order valence-electron chi connectivity index (χ3n) is 3.93. The second-order valence-corrected chi connectivity index (χ2v) is 6.06. The van der Waals surface area contributed by atoms with Crippen molar-refractivity contribution < 1.29 is 14.3 Å². The molecule has 0 aliphatic carbocycles. The van der Waals surface area contributed by atoms with Crippen molar-refractivity contribution in [2.45, 2.75) is 32.7 Å². The van der Waals surface area contributed by atoms with Crippen LogP contribution in [0.1, 0.15) is 26.7 Å². The van der Waals surface area contributed by atoms with Gasteiger partial charge in [0.15, 0.2) is 0 Å². The zero-order valence-corrected chi connectivity index (χ0v) is 14.0. The van der Waals surface area contributed by atoms with Crippen molar-refractivity contribution >= 4 is 17.6 Å². The average Bonchev–Trinajstić information content (AvgIpc) is 2.55. The maximum atomic E-state index is 12.4. The van der Waals surface area contributed by atoms with Crippen LogP contribution in [0.2, 0.25) is 0 Å². The van der Waals surface area contributed by atoms with Crippen LogP contribution in [0.25, 0.3) is 0 Å². The van der Waals surface area contributed by atoms with Gasteiger partial charge < -0.3 is 20.3 Å². The van der Waals surface area contributed by atoms with Gasteiger partial charge in [0.25, 0.3) is 0 Å². The topological polar surface area (TPSA) is 70.7 Å². The second-order valence-electron chi connectivity index (χ2n) is 6.06. The van der Waals surface area contributed by atoms with Crippen LogP contribution in [0.15, 0.2) is 24.3 Å². The highest BCUT2D eigenvalue weighted by Gasteiger charge is 2.27. The van der Waals surface area contributed by atoms with Gasteiger partial charge in [-0.15, -0.1) is 0 Å². The molecule has 3 amide bonds. The molecule has 1 heterocycles. The molecule has 0 saturated carbocycles. The molecule has 6 nitrogen and oxygen atoms in total. The van der Waals surface area contributed by atoms with E-state index in [0.29, 0.717) is 37.4 Å². The zero-order chi connectivity index (χ0) is 16.8. The maximum Gasteiger partial charge on any atom is 0.317 e. The number of methoxy groups -OCH3 is 1. The van der Waals surface area contributed by atoms with Crippen molar-refractivity contribution in [1.82, 2.24) is 10.2 Å². The molecule has 126 valence electrons. The summed E-state index contributed by atoms with van der Waals surface area (Å²) in [6.45, 7) is 5.07. The summed E-state index contributed by atoms with van der Waals surface area (Å²) in [7, 11) is 1.58. The Kier molecular flexibility index (Phi) is 5.84. The van der Waals surface area contributed by atoms with Crippen molar-refractivity contribution in [2.24, 2.45) is 5.92 Å². The van der Waals surface area contributed by atoms with E-state index in [1.54, 1.807) is 12.0 Å². The van der Waals surface area contributed by atoms with Crippen LogP contribution in [0.3, 0.4) is 0 Å². The Hall–Kier alpha value is -2.24. The lowest BCUT2D eigenvalue weighted by Crippen LogP contribution is -2.47. The summed E-state index contributed by atoms with van der Waals surface area (Å²) in [6, 6.07) is 7.42. The number of carbonyl (C=O) groups is 2. The number of nitrogens with zero attached hydrogens (tertiary/aromatic N) is 1. The molecule has 0 spiro atoms. The van der Waals surface area contributed by atoms with Crippen molar-refractivity contribution in [1.29, 1.82) is 0 Å². The minimum Gasteiger partial charge on any atom is -0.495 e. The number of rotatable bonds is 4. The van der Waals surface area contributed by atoms with Gasteiger partial charge in [0.05, 0.1) is 12.8 Å². The molecule has 6 heteroatoms. The smallest absolute Gasteiger partial charge is 0.317 e. The zero-order valence-electron chi connectivity index (χ0n) is 14.0. The fourth-order valence-corrected chi connectivity index (χ4v) is 2.67. The molecule has 1 aliphatic rings. The van der Waals surface area contributed by atoms with E-state index in [4.69, 9.17) is 4.74 Å². The van der Waals surface area contributed by atoms with E-state index in [1.807, 2.05) is 38.1 Å². The fraction of sp³-hybridized carbons (Fsp3) is 0.529. The molecular weight excluding hydrogens is 294 g/mol. The van der Waals surface area contributed by atoms with Crippen LogP contribution in [-0.4, -0.2) is 43.1 Å². The average molecular weight is 319 g/mol. The molecule has 0 atom stereocenters. The molecule has 1 aromatic carbocycles. The second kappa shape index (κ2) is 7.85. The Morgan fingerprint density at radius 1 is 1.22 bits per heavy atom. The molecule has 1 fully saturated rings. The van der Waals surface area contributed by atoms with Gasteiger partial charge in [-0.2, -0.15) is 0 Å². The minimum atomic E-state index is -0.0805. The van der Waals surface area contributed by atoms with E-state index < -0.39 is 0 Å². The van der Waals surface area contributed by atoms with E-state index in [1.165, 1.54) is 0 Å². The number of benzene rings is 1. The van der Waals surface area contributed by atoms with Gasteiger partial charge in [-0.05, 0) is 38.8 Å². The number of hydrogen-bond donors (Lipinski definition) is 2. The summed E-state index contributed by atoms with van der Waals surface area (Å²) in [5.41, 5.74) is 0.681. The van der Waals surface area contributed by atoms with Crippen LogP contribution in [0.4, 0.5) is 10.5 Å². The molecule has 0 unspecified atom stereocenters. The molecule has 1 aliphatic heterocycles. The van der Waals surface area contributed by atoms with Crippen LogP contribution in [-0.2, 0) is 4.79 Å². The highest BCUT2D eigenvalue weighted by Crippen LogP contribution is 2.25. The van der Waals surface area contributed by atoms with Gasteiger partial charge in [0, 0.05) is 25.0 Å². The van der Waals surface area contributed by atoms with Crippen LogP contribution >= 0.6 is 0 Å². The minimum absolute atomic E-state index is 0.0154. The number of amides is 3. The van der Waals surface area contributed by atoms with Gasteiger partial charge >= 0.3 is 6.03 Å². The quantitative estimate of drug-likeness (QED) is 0.895. The maximum absolute atomic E-state index is 12.4. The summed E-state index contributed by atoms with van der Waals surface area (Å²) in [6.07, 6.45) is 1.35. The normalized spacial score (nSPS) is 15.4. The van der Waals surface area contributed by atoms with Crippen molar-refractivity contribution in [2.75, 3.05) is 25.5 Å². The molecule has 2 N–H and O–H groups in total. The first kappa shape index (κ1) is 17.1. The molecular formula is C17H25N3O3. The number of hydrogen-bond acceptors (Lipinski definition) is 3. The van der Waals surface area contributed by atoms with Gasteiger partial charge in [-0.1, -0.05) is 12.1 Å². The van der Waals surface area contributed by atoms with E-state index in [2.05, 4.69) is 10.6 Å². The first-order valence-electron chi connectivity index (χ1n) is 8.00. The van der Waals surface area contributed by atoms with Gasteiger partial charge in [-0.25, -0.2) is 4.79 Å². The summed E-state index contributed by atoms with van der Waals surface area (Å²) in [5, 5.41) is 5.81. The van der Waals surface area contributed by atoms with E-state index in [-0.39, 0.29) is 23.9 Å². The van der Waals surface area contributed by atoms with Crippen molar-refractivity contribution in [3.8, 4) is 5.75 Å². The lowest BCUT2D eigenvalue weighted by Gasteiger charge is -2.32. The highest BCUT2D eigenvalue weighted by molar-refractivity contribution is 5.94. The van der Waals surface area contributed by atoms with Gasteiger partial charge in [0.2, 0.25) is 5.91 Å². The summed E-state index contributed by atoms with van der Waals surface area (Å²) < 4.78 is 5.24. The molecule has 0 aromatic heterocycles. The molecule has 1 aromatic rings. The monoisotopic (exact) mass is 319 g/mol. The van der Waals surface area contributed by atoms with Crippen molar-refractivity contribution in [3.05, 3.63) is 24.3 Å². The Bertz CT molecular complexity index is 552. The fourth-order valence-electron chi connectivity index (χ4n) is 2.67. The van der Waals surface area contributed by atoms with Gasteiger partial charge in [0.1, 0.15) is 5.75 Å². The third-order valence-corrected chi connectivity index (χ3v) is 3.93. The summed E-state index contributed by atoms with van der Waals surface area (Å²) in [4.78, 5) is 26.1. The largest absolute Gasteiger partial charge is 0.495 e. The number of carbonyl (C=O) groups excluding carboxylic acids is 2. The van der Waals surface area contributed by atoms with Gasteiger partial charge in [-0.3, -0.25) is 4.79 Å². The molecule has 2 rings (SSSR count). The first-order chi connectivity index (χ1) is 11.0. The molecule has 23 heavy (non-hydrogen) atoms. The van der Waals surface area contributed by atoms with E-state index >= 15 is 0 Å². The number of likely N-dealkylation sites (tertiary alicyclic amines) is 1. The number of nitrogens with one attached hydrogen (secondary N) is 2. The Morgan fingerprint density at radius 3 is 2.48 bits per heavy atom. The summed E-state index contributed by atoms with van der Waals surface area (Å²) in [5.74, 6) is 0.552. The van der Waals surface area contributed by atoms with Crippen LogP contribution in [0, 0.1) is 5.92 Å². The number of urea groups is 1. The van der Waals surface area contributed by atoms with Crippen LogP contribution < -0.4 is 15.4 Å². The van der Waals surface area contributed by atoms with E-state index in [9.17, 15) is 9.59 Å². The number of piperidine rings is 1. The summed E-state index contributed by atoms with van der Waals surface area (Å²) >= 11 is 0. The number of ether oxygens (including phenoxy) is 1. The Balaban J connectivity index is 1.87. The predicted molar refractivity (Wildman–Crippen MR) is 89.6 cm³/mol. The lowest BCUT2D eigenvalue weighted by atomic mass is 9.96.